The molecule has 1 aromatic rings. The van der Waals surface area contributed by atoms with E-state index in [2.05, 4.69) is 20.6 Å². The molecule has 0 bridgehead atoms. The van der Waals surface area contributed by atoms with E-state index in [9.17, 15) is 4.79 Å². The molecule has 1 aliphatic rings. The molecule has 0 saturated heterocycles. The molecule has 1 heterocycles. The number of amides is 1. The minimum atomic E-state index is -0.937. The van der Waals surface area contributed by atoms with Gasteiger partial charge in [0.2, 0.25) is 5.95 Å². The Bertz CT molecular complexity index is 363. The number of hydrogen-bond donors (Lipinski definition) is 3. The molecule has 6 heteroatoms. The van der Waals surface area contributed by atoms with Gasteiger partial charge < -0.3 is 15.7 Å². The molecule has 0 atom stereocenters. The molecule has 6 nitrogen and oxygen atoms in total. The first kappa shape index (κ1) is 11.6. The Morgan fingerprint density at radius 3 is 2.35 bits per heavy atom. The molecule has 1 aliphatic carbocycles. The van der Waals surface area contributed by atoms with Crippen LogP contribution in [0.2, 0.25) is 0 Å². The number of nitrogens with one attached hydrogen (secondary N) is 2. The average molecular weight is 236 g/mol. The van der Waals surface area contributed by atoms with Gasteiger partial charge in [0, 0.05) is 24.5 Å². The Labute approximate surface area is 99.5 Å². The van der Waals surface area contributed by atoms with Crippen molar-refractivity contribution in [3.8, 4) is 0 Å². The first-order valence-electron chi connectivity index (χ1n) is 5.77. The van der Waals surface area contributed by atoms with Crippen LogP contribution in [-0.4, -0.2) is 33.3 Å². The van der Waals surface area contributed by atoms with E-state index in [1.165, 1.54) is 0 Å². The molecule has 0 unspecified atom stereocenters. The number of hydrogen-bond acceptors (Lipinski definition) is 4. The summed E-state index contributed by atoms with van der Waals surface area (Å²) in [5, 5.41) is 14.4. The molecule has 17 heavy (non-hydrogen) atoms. The van der Waals surface area contributed by atoms with E-state index in [0.717, 1.165) is 25.7 Å². The Morgan fingerprint density at radius 1 is 1.18 bits per heavy atom. The molecule has 3 N–H and O–H groups in total. The lowest BCUT2D eigenvalue weighted by molar-refractivity contribution is 0.185. The molecule has 2 rings (SSSR count). The highest BCUT2D eigenvalue weighted by Crippen LogP contribution is 2.20. The van der Waals surface area contributed by atoms with Crippen LogP contribution in [0.25, 0.3) is 0 Å². The maximum absolute atomic E-state index is 10.5. The summed E-state index contributed by atoms with van der Waals surface area (Å²) in [4.78, 5) is 18.7. The minimum absolute atomic E-state index is 0.0854. The standard InChI is InChI=1S/C11H16N4O2/c16-11(17)15-9-4-2-8(3-5-9)14-10-12-6-1-7-13-10/h1,6-9,15H,2-5H2,(H,16,17)(H,12,13,14). The predicted octanol–water partition coefficient (Wildman–Crippen LogP) is 1.47. The second kappa shape index (κ2) is 5.47. The molecule has 0 spiro atoms. The summed E-state index contributed by atoms with van der Waals surface area (Å²) in [6.45, 7) is 0. The fourth-order valence-corrected chi connectivity index (χ4v) is 2.11. The third-order valence-electron chi connectivity index (χ3n) is 2.95. The summed E-state index contributed by atoms with van der Waals surface area (Å²) in [6.07, 6.45) is 6.05. The van der Waals surface area contributed by atoms with Gasteiger partial charge in [0.25, 0.3) is 0 Å². The van der Waals surface area contributed by atoms with Gasteiger partial charge in [0.05, 0.1) is 0 Å². The summed E-state index contributed by atoms with van der Waals surface area (Å²) in [7, 11) is 0. The SMILES string of the molecule is O=C(O)NC1CCC(Nc2ncccn2)CC1. The van der Waals surface area contributed by atoms with Gasteiger partial charge in [-0.1, -0.05) is 0 Å². The zero-order valence-corrected chi connectivity index (χ0v) is 9.47. The van der Waals surface area contributed by atoms with Crippen LogP contribution >= 0.6 is 0 Å². The highest BCUT2D eigenvalue weighted by atomic mass is 16.4. The van der Waals surface area contributed by atoms with Crippen LogP contribution in [-0.2, 0) is 0 Å². The minimum Gasteiger partial charge on any atom is -0.465 e. The van der Waals surface area contributed by atoms with Crippen molar-refractivity contribution < 1.29 is 9.90 Å². The van der Waals surface area contributed by atoms with E-state index >= 15 is 0 Å². The molecular formula is C11H16N4O2. The Hall–Kier alpha value is -1.85. The summed E-state index contributed by atoms with van der Waals surface area (Å²) in [5.41, 5.74) is 0. The highest BCUT2D eigenvalue weighted by Gasteiger charge is 2.22. The monoisotopic (exact) mass is 236 g/mol. The smallest absolute Gasteiger partial charge is 0.404 e. The Balaban J connectivity index is 1.78. The Morgan fingerprint density at radius 2 is 1.76 bits per heavy atom. The molecular weight excluding hydrogens is 220 g/mol. The summed E-state index contributed by atoms with van der Waals surface area (Å²) in [5.74, 6) is 0.641. The lowest BCUT2D eigenvalue weighted by Crippen LogP contribution is -2.39. The van der Waals surface area contributed by atoms with Gasteiger partial charge in [0.1, 0.15) is 0 Å². The highest BCUT2D eigenvalue weighted by molar-refractivity contribution is 5.64. The van der Waals surface area contributed by atoms with Gasteiger partial charge in [-0.15, -0.1) is 0 Å². The normalized spacial score (nSPS) is 24.0. The largest absolute Gasteiger partial charge is 0.465 e. The van der Waals surface area contributed by atoms with Crippen LogP contribution < -0.4 is 10.6 Å². The quantitative estimate of drug-likeness (QED) is 0.739. The molecule has 92 valence electrons. The van der Waals surface area contributed by atoms with Crippen LogP contribution in [0, 0.1) is 0 Å². The van der Waals surface area contributed by atoms with Gasteiger partial charge >= 0.3 is 6.09 Å². The maximum atomic E-state index is 10.5. The number of carbonyl (C=O) groups is 1. The van der Waals surface area contributed by atoms with Gasteiger partial charge in [-0.05, 0) is 31.7 Å². The van der Waals surface area contributed by atoms with E-state index in [-0.39, 0.29) is 6.04 Å². The zero-order valence-electron chi connectivity index (χ0n) is 9.47. The summed E-state index contributed by atoms with van der Waals surface area (Å²) < 4.78 is 0. The molecule has 1 amide bonds. The topological polar surface area (TPSA) is 87.1 Å². The summed E-state index contributed by atoms with van der Waals surface area (Å²) in [6, 6.07) is 2.20. The number of anilines is 1. The number of nitrogens with zero attached hydrogens (tertiary/aromatic N) is 2. The first-order valence-corrected chi connectivity index (χ1v) is 5.77. The lowest BCUT2D eigenvalue weighted by Gasteiger charge is -2.28. The van der Waals surface area contributed by atoms with Gasteiger partial charge in [-0.2, -0.15) is 0 Å². The van der Waals surface area contributed by atoms with E-state index in [4.69, 9.17) is 5.11 Å². The summed E-state index contributed by atoms with van der Waals surface area (Å²) >= 11 is 0. The number of aromatic nitrogens is 2. The number of rotatable bonds is 3. The molecule has 1 saturated carbocycles. The van der Waals surface area contributed by atoms with E-state index in [0.29, 0.717) is 12.0 Å². The van der Waals surface area contributed by atoms with Crippen LogP contribution in [0.5, 0.6) is 0 Å². The molecule has 0 aromatic carbocycles. The van der Waals surface area contributed by atoms with Crippen LogP contribution in [0.1, 0.15) is 25.7 Å². The van der Waals surface area contributed by atoms with Crippen molar-refractivity contribution in [2.75, 3.05) is 5.32 Å². The van der Waals surface area contributed by atoms with Crippen molar-refractivity contribution in [1.82, 2.24) is 15.3 Å². The van der Waals surface area contributed by atoms with Crippen molar-refractivity contribution in [3.63, 3.8) is 0 Å². The molecule has 0 radical (unpaired) electrons. The van der Waals surface area contributed by atoms with Gasteiger partial charge in [0.15, 0.2) is 0 Å². The molecule has 1 aromatic heterocycles. The maximum Gasteiger partial charge on any atom is 0.404 e. The van der Waals surface area contributed by atoms with Gasteiger partial charge in [-0.25, -0.2) is 14.8 Å². The van der Waals surface area contributed by atoms with E-state index in [1.807, 2.05) is 0 Å². The predicted molar refractivity (Wildman–Crippen MR) is 62.9 cm³/mol. The van der Waals surface area contributed by atoms with E-state index in [1.54, 1.807) is 18.5 Å². The fraction of sp³-hybridized carbons (Fsp3) is 0.545. The lowest BCUT2D eigenvalue weighted by atomic mass is 9.91. The van der Waals surface area contributed by atoms with Crippen molar-refractivity contribution in [1.29, 1.82) is 0 Å². The average Bonchev–Trinajstić information content (AvgIpc) is 2.32. The van der Waals surface area contributed by atoms with Crippen molar-refractivity contribution in [2.45, 2.75) is 37.8 Å². The zero-order chi connectivity index (χ0) is 12.1. The van der Waals surface area contributed by atoms with Crippen LogP contribution in [0.3, 0.4) is 0 Å². The third-order valence-corrected chi connectivity index (χ3v) is 2.95. The molecule has 1 fully saturated rings. The van der Waals surface area contributed by atoms with Crippen molar-refractivity contribution in [2.24, 2.45) is 0 Å². The van der Waals surface area contributed by atoms with E-state index < -0.39 is 6.09 Å². The first-order chi connectivity index (χ1) is 8.24. The number of carboxylic acid groups (broad SMARTS) is 1. The Kier molecular flexibility index (Phi) is 3.74. The fourth-order valence-electron chi connectivity index (χ4n) is 2.11. The molecule has 0 aliphatic heterocycles. The van der Waals surface area contributed by atoms with Crippen molar-refractivity contribution in [3.05, 3.63) is 18.5 Å². The van der Waals surface area contributed by atoms with Crippen LogP contribution in [0.15, 0.2) is 18.5 Å². The van der Waals surface area contributed by atoms with Crippen molar-refractivity contribution >= 4 is 12.0 Å². The van der Waals surface area contributed by atoms with Crippen LogP contribution in [0.4, 0.5) is 10.7 Å². The third kappa shape index (κ3) is 3.58. The second-order valence-corrected chi connectivity index (χ2v) is 4.21. The second-order valence-electron chi connectivity index (χ2n) is 4.21. The van der Waals surface area contributed by atoms with Gasteiger partial charge in [-0.3, -0.25) is 0 Å².